The van der Waals surface area contributed by atoms with Crippen molar-refractivity contribution in [3.8, 4) is 0 Å². The first kappa shape index (κ1) is 11.0. The maximum atomic E-state index is 12.9. The minimum Gasteiger partial charge on any atom is -0.311 e. The van der Waals surface area contributed by atoms with Crippen LogP contribution in [0.3, 0.4) is 0 Å². The van der Waals surface area contributed by atoms with Crippen molar-refractivity contribution in [2.75, 3.05) is 7.05 Å². The molecule has 1 unspecified atom stereocenters. The highest BCUT2D eigenvalue weighted by Gasteiger charge is 2.28. The van der Waals surface area contributed by atoms with Gasteiger partial charge >= 0.3 is 10.4 Å². The Labute approximate surface area is 80.9 Å². The molecular formula is C7H10FN2O3S+. The molecule has 0 fully saturated rings. The van der Waals surface area contributed by atoms with Crippen molar-refractivity contribution in [1.82, 2.24) is 9.29 Å². The van der Waals surface area contributed by atoms with Crippen molar-refractivity contribution >= 4 is 10.4 Å². The minimum atomic E-state index is -3.46. The Balaban J connectivity index is 3.41. The summed E-state index contributed by atoms with van der Waals surface area (Å²) in [4.78, 5) is 10.8. The van der Waals surface area contributed by atoms with Crippen LogP contribution in [0.5, 0.6) is 0 Å². The third-order valence-electron chi connectivity index (χ3n) is 1.71. The normalized spacial score (nSPS) is 15.1. The summed E-state index contributed by atoms with van der Waals surface area (Å²) in [5.74, 6) is -1.05. The number of hydrogen-bond acceptors (Lipinski definition) is 2. The molecule has 1 rings (SSSR count). The molecule has 1 heterocycles. The van der Waals surface area contributed by atoms with Gasteiger partial charge in [-0.1, -0.05) is 0 Å². The molecule has 0 aliphatic heterocycles. The van der Waals surface area contributed by atoms with Gasteiger partial charge in [-0.15, -0.1) is 4.72 Å². The molecule has 0 amide bonds. The molecule has 2 N–H and O–H groups in total. The molecule has 14 heavy (non-hydrogen) atoms. The van der Waals surface area contributed by atoms with Gasteiger partial charge in [0.1, 0.15) is 0 Å². The fourth-order valence-corrected chi connectivity index (χ4v) is 1.71. The van der Waals surface area contributed by atoms with Crippen LogP contribution in [0, 0.1) is 5.82 Å². The topological polar surface area (TPSA) is 71.3 Å². The van der Waals surface area contributed by atoms with Crippen LogP contribution >= 0.6 is 0 Å². The molecule has 1 aromatic heterocycles. The molecule has 78 valence electrons. The molecule has 0 aromatic carbocycles. The Hall–Kier alpha value is -1.05. The van der Waals surface area contributed by atoms with Crippen LogP contribution in [0.1, 0.15) is 0 Å². The van der Waals surface area contributed by atoms with Crippen molar-refractivity contribution in [1.29, 1.82) is 0 Å². The summed E-state index contributed by atoms with van der Waals surface area (Å²) in [5, 5.41) is 0. The van der Waals surface area contributed by atoms with E-state index in [1.54, 1.807) is 0 Å². The molecule has 0 aliphatic carbocycles. The molecule has 1 atom stereocenters. The lowest BCUT2D eigenvalue weighted by molar-refractivity contribution is 0.484. The van der Waals surface area contributed by atoms with E-state index in [0.29, 0.717) is 0 Å². The molecule has 1 aromatic rings. The van der Waals surface area contributed by atoms with Crippen molar-refractivity contribution in [2.45, 2.75) is 4.90 Å². The van der Waals surface area contributed by atoms with Crippen LogP contribution in [0.25, 0.3) is 0 Å². The summed E-state index contributed by atoms with van der Waals surface area (Å²) in [6, 6.07) is 0.751. The largest absolute Gasteiger partial charge is 0.324 e. The van der Waals surface area contributed by atoms with E-state index in [0.717, 1.165) is 16.8 Å². The van der Waals surface area contributed by atoms with Crippen LogP contribution in [0.4, 0.5) is 4.39 Å². The minimum absolute atomic E-state index is 0.167. The number of hydrogen-bond donors (Lipinski definition) is 2. The fourth-order valence-electron chi connectivity index (χ4n) is 0.911. The highest BCUT2D eigenvalue weighted by molar-refractivity contribution is 7.95. The second-order valence-corrected chi connectivity index (χ2v) is 4.60. The number of nitrogens with zero attached hydrogens (tertiary/aromatic N) is 1. The smallest absolute Gasteiger partial charge is 0.311 e. The van der Waals surface area contributed by atoms with Crippen LogP contribution in [-0.2, 0) is 21.7 Å². The van der Waals surface area contributed by atoms with Crippen molar-refractivity contribution < 1.29 is 13.2 Å². The van der Waals surface area contributed by atoms with E-state index in [9.17, 15) is 17.9 Å². The Morgan fingerprint density at radius 1 is 1.64 bits per heavy atom. The van der Waals surface area contributed by atoms with Gasteiger partial charge in [0.25, 0.3) is 5.56 Å². The maximum Gasteiger partial charge on any atom is 0.324 e. The highest BCUT2D eigenvalue weighted by Crippen LogP contribution is 2.11. The molecular weight excluding hydrogens is 211 g/mol. The first-order valence-corrected chi connectivity index (χ1v) is 5.21. The molecule has 0 bridgehead atoms. The number of aromatic nitrogens is 1. The first-order chi connectivity index (χ1) is 6.38. The zero-order valence-corrected chi connectivity index (χ0v) is 8.47. The van der Waals surface area contributed by atoms with E-state index < -0.39 is 21.8 Å². The van der Waals surface area contributed by atoms with E-state index >= 15 is 0 Å². The van der Waals surface area contributed by atoms with Gasteiger partial charge in [-0.25, -0.2) is 4.39 Å². The Morgan fingerprint density at radius 3 is 2.64 bits per heavy atom. The summed E-state index contributed by atoms with van der Waals surface area (Å²) in [6.07, 6.45) is 1.12. The second kappa shape index (κ2) is 3.60. The molecule has 0 saturated heterocycles. The maximum absolute atomic E-state index is 12.9. The third kappa shape index (κ3) is 1.89. The quantitative estimate of drug-likeness (QED) is 0.690. The monoisotopic (exact) mass is 221 g/mol. The fraction of sp³-hybridized carbons (Fsp3) is 0.286. The lowest BCUT2D eigenvalue weighted by atomic mass is 10.4. The van der Waals surface area contributed by atoms with Gasteiger partial charge in [0.15, 0.2) is 5.82 Å². The van der Waals surface area contributed by atoms with Crippen LogP contribution in [-0.4, -0.2) is 16.2 Å². The van der Waals surface area contributed by atoms with Gasteiger partial charge in [-0.05, 0) is 4.21 Å². The second-order valence-electron chi connectivity index (χ2n) is 2.67. The van der Waals surface area contributed by atoms with Crippen LogP contribution in [0.2, 0.25) is 0 Å². The van der Waals surface area contributed by atoms with Gasteiger partial charge in [0.05, 0.1) is 6.20 Å². The number of rotatable bonds is 2. The standard InChI is InChI=1S/C7H9FN2O3S/c1-9-14(12,13)5-3-6(8)7(11)10(2)4-5/h3-4H,1-2H3,(H-,9,12,13)/p+1. The van der Waals surface area contributed by atoms with Crippen LogP contribution in [0.15, 0.2) is 22.0 Å². The van der Waals surface area contributed by atoms with E-state index in [1.165, 1.54) is 14.1 Å². The SMILES string of the molecule is CN[S+](=O)(O)c1cc(F)c(=O)n(C)c1. The van der Waals surface area contributed by atoms with Gasteiger partial charge in [-0.3, -0.25) is 4.79 Å². The summed E-state index contributed by atoms with van der Waals surface area (Å²) in [7, 11) is -0.885. The van der Waals surface area contributed by atoms with Gasteiger partial charge in [0.2, 0.25) is 4.90 Å². The summed E-state index contributed by atoms with van der Waals surface area (Å²) >= 11 is 0. The van der Waals surface area contributed by atoms with E-state index in [-0.39, 0.29) is 4.90 Å². The Bertz CT molecular complexity index is 430. The zero-order valence-electron chi connectivity index (χ0n) is 7.65. The van der Waals surface area contributed by atoms with E-state index in [4.69, 9.17) is 0 Å². The number of aryl methyl sites for hydroxylation is 1. The van der Waals surface area contributed by atoms with Gasteiger partial charge in [-0.2, -0.15) is 4.55 Å². The first-order valence-electron chi connectivity index (χ1n) is 3.70. The lowest BCUT2D eigenvalue weighted by Crippen LogP contribution is -2.29. The van der Waals surface area contributed by atoms with Gasteiger partial charge < -0.3 is 4.57 Å². The van der Waals surface area contributed by atoms with Crippen molar-refractivity contribution in [2.24, 2.45) is 7.05 Å². The summed E-state index contributed by atoms with van der Waals surface area (Å²) in [6.45, 7) is 0. The molecule has 7 heteroatoms. The van der Waals surface area contributed by atoms with E-state index in [1.807, 2.05) is 0 Å². The number of pyridine rings is 1. The highest BCUT2D eigenvalue weighted by atomic mass is 32.3. The van der Waals surface area contributed by atoms with E-state index in [2.05, 4.69) is 4.72 Å². The molecule has 0 radical (unpaired) electrons. The zero-order chi connectivity index (χ0) is 10.9. The van der Waals surface area contributed by atoms with Gasteiger partial charge in [0, 0.05) is 20.2 Å². The van der Waals surface area contributed by atoms with Crippen molar-refractivity contribution in [3.05, 3.63) is 28.4 Å². The Morgan fingerprint density at radius 2 is 2.21 bits per heavy atom. The number of halogens is 1. The Kier molecular flexibility index (Phi) is 2.84. The summed E-state index contributed by atoms with van der Waals surface area (Å²) < 4.78 is 36.6. The third-order valence-corrected chi connectivity index (χ3v) is 3.13. The van der Waals surface area contributed by atoms with Crippen molar-refractivity contribution in [3.63, 3.8) is 0 Å². The molecule has 0 saturated carbocycles. The average Bonchev–Trinajstić information content (AvgIpc) is 2.13. The summed E-state index contributed by atoms with van der Waals surface area (Å²) in [5.41, 5.74) is -0.833. The predicted octanol–water partition coefficient (Wildman–Crippen LogP) is -0.00980. The average molecular weight is 221 g/mol. The van der Waals surface area contributed by atoms with Crippen LogP contribution < -0.4 is 10.3 Å². The molecule has 0 aliphatic rings. The molecule has 0 spiro atoms. The lowest BCUT2D eigenvalue weighted by Gasteiger charge is -2.03. The molecule has 5 nitrogen and oxygen atoms in total. The predicted molar refractivity (Wildman–Crippen MR) is 49.6 cm³/mol. The number of nitrogens with one attached hydrogen (secondary N) is 1.